The third-order valence-electron chi connectivity index (χ3n) is 6.21. The van der Waals surface area contributed by atoms with Gasteiger partial charge in [-0.3, -0.25) is 9.78 Å². The van der Waals surface area contributed by atoms with Gasteiger partial charge in [0.15, 0.2) is 0 Å². The molecule has 4 rings (SSSR count). The van der Waals surface area contributed by atoms with Crippen LogP contribution in [-0.4, -0.2) is 60.5 Å². The van der Waals surface area contributed by atoms with Crippen molar-refractivity contribution >= 4 is 5.91 Å². The zero-order valence-corrected chi connectivity index (χ0v) is 21.3. The van der Waals surface area contributed by atoms with E-state index in [0.29, 0.717) is 17.1 Å². The van der Waals surface area contributed by atoms with E-state index < -0.39 is 0 Å². The van der Waals surface area contributed by atoms with E-state index in [2.05, 4.69) is 19.1 Å². The molecule has 1 aliphatic rings. The molecule has 1 aliphatic heterocycles. The average molecular weight is 561 g/mol. The van der Waals surface area contributed by atoms with E-state index in [0.717, 1.165) is 41.7 Å². The van der Waals surface area contributed by atoms with Gasteiger partial charge in [0.2, 0.25) is 0 Å². The smallest absolute Gasteiger partial charge is 0.253 e. The van der Waals surface area contributed by atoms with E-state index in [4.69, 9.17) is 4.74 Å². The minimum absolute atomic E-state index is 0. The summed E-state index contributed by atoms with van der Waals surface area (Å²) >= 11 is 0. The maximum atomic E-state index is 13.1. The minimum atomic E-state index is -0.301. The number of carbonyl (C=O) groups is 1. The largest absolute Gasteiger partial charge is 1.00 e. The van der Waals surface area contributed by atoms with Crippen LogP contribution in [0.5, 0.6) is 11.5 Å². The van der Waals surface area contributed by atoms with Gasteiger partial charge in [-0.2, -0.15) is 0 Å². The highest BCUT2D eigenvalue weighted by molar-refractivity contribution is 5.95. The highest BCUT2D eigenvalue weighted by atomic mass is 127. The van der Waals surface area contributed by atoms with Gasteiger partial charge in [-0.05, 0) is 60.7 Å². The molecule has 0 radical (unpaired) electrons. The van der Waals surface area contributed by atoms with E-state index in [1.807, 2.05) is 42.3 Å². The standard InChI is InChI=1S/C26H29FN3O2.HI/c1-29(22-13-16-30(2,3)17-14-22)26(31)20-12-15-28-25(18-20)19-4-8-23(9-5-19)32-24-10-6-21(27)7-11-24;/h4-12,15,18,22H,13-14,16-17H2,1-3H3;1H/q+1;/p-1. The number of benzene rings is 2. The number of hydrogen-bond acceptors (Lipinski definition) is 3. The Morgan fingerprint density at radius 1 is 1.00 bits per heavy atom. The number of ether oxygens (including phenoxy) is 1. The van der Waals surface area contributed by atoms with Gasteiger partial charge in [0, 0.05) is 43.3 Å². The molecule has 7 heteroatoms. The van der Waals surface area contributed by atoms with Crippen LogP contribution in [0, 0.1) is 5.82 Å². The zero-order chi connectivity index (χ0) is 22.7. The number of piperidine rings is 1. The number of pyridine rings is 1. The van der Waals surface area contributed by atoms with E-state index in [9.17, 15) is 9.18 Å². The van der Waals surface area contributed by atoms with Crippen molar-refractivity contribution in [3.63, 3.8) is 0 Å². The maximum absolute atomic E-state index is 13.1. The molecule has 0 bridgehead atoms. The normalized spacial score (nSPS) is 15.4. The van der Waals surface area contributed by atoms with Crippen molar-refractivity contribution < 1.29 is 42.4 Å². The Morgan fingerprint density at radius 3 is 2.18 bits per heavy atom. The van der Waals surface area contributed by atoms with Crippen molar-refractivity contribution in [3.8, 4) is 22.8 Å². The van der Waals surface area contributed by atoms with Crippen LogP contribution < -0.4 is 28.7 Å². The van der Waals surface area contributed by atoms with Crippen molar-refractivity contribution in [2.45, 2.75) is 18.9 Å². The van der Waals surface area contributed by atoms with Gasteiger partial charge in [-0.25, -0.2) is 4.39 Å². The number of aromatic nitrogens is 1. The minimum Gasteiger partial charge on any atom is -1.00 e. The lowest BCUT2D eigenvalue weighted by Crippen LogP contribution is -3.00. The van der Waals surface area contributed by atoms with Crippen LogP contribution in [0.15, 0.2) is 66.9 Å². The highest BCUT2D eigenvalue weighted by Gasteiger charge is 2.30. The fourth-order valence-electron chi connectivity index (χ4n) is 4.06. The molecular weight excluding hydrogens is 532 g/mol. The van der Waals surface area contributed by atoms with E-state index >= 15 is 0 Å². The molecule has 0 saturated carbocycles. The molecule has 2 aromatic carbocycles. The monoisotopic (exact) mass is 561 g/mol. The van der Waals surface area contributed by atoms with Crippen molar-refractivity contribution in [3.05, 3.63) is 78.2 Å². The maximum Gasteiger partial charge on any atom is 0.253 e. The zero-order valence-electron chi connectivity index (χ0n) is 19.2. The van der Waals surface area contributed by atoms with Crippen LogP contribution in [0.25, 0.3) is 11.3 Å². The summed E-state index contributed by atoms with van der Waals surface area (Å²) in [6.07, 6.45) is 3.71. The van der Waals surface area contributed by atoms with Gasteiger partial charge in [0.1, 0.15) is 17.3 Å². The molecule has 33 heavy (non-hydrogen) atoms. The molecule has 174 valence electrons. The second kappa shape index (κ2) is 10.6. The highest BCUT2D eigenvalue weighted by Crippen LogP contribution is 2.26. The van der Waals surface area contributed by atoms with Crippen LogP contribution in [0.1, 0.15) is 23.2 Å². The molecule has 1 saturated heterocycles. The first kappa shape index (κ1) is 25.1. The molecule has 5 nitrogen and oxygen atoms in total. The number of carbonyl (C=O) groups excluding carboxylic acids is 1. The predicted octanol–water partition coefficient (Wildman–Crippen LogP) is 1.99. The number of quaternary nitrogens is 1. The van der Waals surface area contributed by atoms with Gasteiger partial charge in [0.05, 0.1) is 32.9 Å². The first-order valence-corrected chi connectivity index (χ1v) is 10.9. The third kappa shape index (κ3) is 6.29. The summed E-state index contributed by atoms with van der Waals surface area (Å²) in [6.45, 7) is 2.16. The fraction of sp³-hybridized carbons (Fsp3) is 0.308. The van der Waals surface area contributed by atoms with Crippen LogP contribution in [-0.2, 0) is 0 Å². The van der Waals surface area contributed by atoms with Gasteiger partial charge in [-0.15, -0.1) is 0 Å². The van der Waals surface area contributed by atoms with Gasteiger partial charge >= 0.3 is 0 Å². The van der Waals surface area contributed by atoms with Crippen molar-refractivity contribution in [1.29, 1.82) is 0 Å². The Labute approximate surface area is 211 Å². The van der Waals surface area contributed by atoms with Gasteiger partial charge in [-0.1, -0.05) is 0 Å². The van der Waals surface area contributed by atoms with Gasteiger partial charge < -0.3 is 38.1 Å². The fourth-order valence-corrected chi connectivity index (χ4v) is 4.06. The number of hydrogen-bond donors (Lipinski definition) is 0. The number of rotatable bonds is 5. The Hall–Kier alpha value is -2.52. The number of likely N-dealkylation sites (tertiary alicyclic amines) is 1. The molecule has 1 aromatic heterocycles. The van der Waals surface area contributed by atoms with Crippen LogP contribution >= 0.6 is 0 Å². The van der Waals surface area contributed by atoms with Crippen molar-refractivity contribution in [2.24, 2.45) is 0 Å². The molecule has 1 amide bonds. The van der Waals surface area contributed by atoms with Crippen LogP contribution in [0.4, 0.5) is 4.39 Å². The summed E-state index contributed by atoms with van der Waals surface area (Å²) < 4.78 is 19.8. The lowest BCUT2D eigenvalue weighted by atomic mass is 10.0. The first-order chi connectivity index (χ1) is 15.3. The van der Waals surface area contributed by atoms with E-state index in [1.165, 1.54) is 12.1 Å². The number of halogens is 2. The lowest BCUT2D eigenvalue weighted by molar-refractivity contribution is -0.895. The summed E-state index contributed by atoms with van der Waals surface area (Å²) in [5.41, 5.74) is 2.27. The second-order valence-electron chi connectivity index (χ2n) is 9.04. The SMILES string of the molecule is CN(C(=O)c1ccnc(-c2ccc(Oc3ccc(F)cc3)cc2)c1)C1CC[N+](C)(C)CC1.[I-]. The average Bonchev–Trinajstić information content (AvgIpc) is 2.80. The Morgan fingerprint density at radius 2 is 1.58 bits per heavy atom. The summed E-state index contributed by atoms with van der Waals surface area (Å²) in [7, 11) is 6.38. The summed E-state index contributed by atoms with van der Waals surface area (Å²) in [5, 5.41) is 0. The second-order valence-corrected chi connectivity index (χ2v) is 9.04. The first-order valence-electron chi connectivity index (χ1n) is 10.9. The van der Waals surface area contributed by atoms with Crippen molar-refractivity contribution in [1.82, 2.24) is 9.88 Å². The summed E-state index contributed by atoms with van der Waals surface area (Å²) in [6, 6.07) is 17.3. The number of nitrogens with zero attached hydrogens (tertiary/aromatic N) is 3. The molecule has 1 fully saturated rings. The molecule has 3 aromatic rings. The lowest BCUT2D eigenvalue weighted by Gasteiger charge is -2.40. The van der Waals surface area contributed by atoms with Gasteiger partial charge in [0.25, 0.3) is 5.91 Å². The molecule has 0 spiro atoms. The molecule has 0 atom stereocenters. The molecule has 0 aliphatic carbocycles. The predicted molar refractivity (Wildman–Crippen MR) is 123 cm³/mol. The Balaban J connectivity index is 0.00000306. The quantitative estimate of drug-likeness (QED) is 0.354. The third-order valence-corrected chi connectivity index (χ3v) is 6.21. The van der Waals surface area contributed by atoms with E-state index in [-0.39, 0.29) is 41.7 Å². The Kier molecular flexibility index (Phi) is 8.07. The molecule has 2 heterocycles. The summed E-state index contributed by atoms with van der Waals surface area (Å²) in [5.74, 6) is 0.941. The number of amides is 1. The van der Waals surface area contributed by atoms with Crippen LogP contribution in [0.3, 0.4) is 0 Å². The van der Waals surface area contributed by atoms with Crippen molar-refractivity contribution in [2.75, 3.05) is 34.2 Å². The molecule has 0 unspecified atom stereocenters. The summed E-state index contributed by atoms with van der Waals surface area (Å²) in [4.78, 5) is 19.5. The Bertz CT molecular complexity index is 1080. The molecule has 0 N–H and O–H groups in total. The topological polar surface area (TPSA) is 42.4 Å². The van der Waals surface area contributed by atoms with E-state index in [1.54, 1.807) is 24.4 Å². The molecular formula is C26H29FIN3O2. The van der Waals surface area contributed by atoms with Crippen LogP contribution in [0.2, 0.25) is 0 Å².